The molecule has 6 rings (SSSR count). The monoisotopic (exact) mass is 548 g/mol. The summed E-state index contributed by atoms with van der Waals surface area (Å²) in [5.74, 6) is 0. The number of nitrogens with zero attached hydrogens (tertiary/aromatic N) is 6. The van der Waals surface area contributed by atoms with E-state index in [2.05, 4.69) is 19.9 Å². The fraction of sp³-hybridized carbons (Fsp3) is 0.370. The minimum absolute atomic E-state index is 0.0781. The lowest BCUT2D eigenvalue weighted by atomic mass is 9.94. The van der Waals surface area contributed by atoms with Gasteiger partial charge in [0.15, 0.2) is 0 Å². The van der Waals surface area contributed by atoms with Crippen LogP contribution >= 0.6 is 22.7 Å². The van der Waals surface area contributed by atoms with Crippen molar-refractivity contribution in [2.75, 3.05) is 26.3 Å². The van der Waals surface area contributed by atoms with Gasteiger partial charge in [-0.25, -0.2) is 14.8 Å². The van der Waals surface area contributed by atoms with E-state index in [0.29, 0.717) is 26.3 Å². The molecule has 9 nitrogen and oxygen atoms in total. The second-order valence-electron chi connectivity index (χ2n) is 9.43. The maximum atomic E-state index is 14.5. The number of carbonyl (C=O) groups excluding carboxylic acids is 1. The smallest absolute Gasteiger partial charge is 0.321 e. The molecule has 2 aliphatic rings. The molecule has 4 aromatic heterocycles. The summed E-state index contributed by atoms with van der Waals surface area (Å²) in [4.78, 5) is 36.3. The number of hydrogen-bond donors (Lipinski definition) is 0. The van der Waals surface area contributed by atoms with E-state index in [1.807, 2.05) is 58.9 Å². The third kappa shape index (κ3) is 4.60. The predicted octanol–water partition coefficient (Wildman–Crippen LogP) is 5.06. The van der Waals surface area contributed by atoms with E-state index >= 15 is 0 Å². The van der Waals surface area contributed by atoms with Gasteiger partial charge in [0.05, 0.1) is 35.6 Å². The second-order valence-corrected chi connectivity index (χ2v) is 10.9. The Morgan fingerprint density at radius 1 is 0.816 bits per heavy atom. The van der Waals surface area contributed by atoms with Gasteiger partial charge in [0.1, 0.15) is 24.3 Å². The topological polar surface area (TPSA) is 93.6 Å². The zero-order chi connectivity index (χ0) is 26.1. The van der Waals surface area contributed by atoms with Gasteiger partial charge in [0.2, 0.25) is 0 Å². The van der Waals surface area contributed by atoms with Crippen LogP contribution in [0.25, 0.3) is 0 Å². The Balaban J connectivity index is 1.40. The number of morpholine rings is 2. The van der Waals surface area contributed by atoms with E-state index in [1.54, 1.807) is 23.4 Å². The van der Waals surface area contributed by atoms with Crippen LogP contribution in [0.1, 0.15) is 57.9 Å². The minimum Gasteiger partial charge on any atom is -0.369 e. The highest BCUT2D eigenvalue weighted by Gasteiger charge is 2.45. The molecule has 11 heteroatoms. The minimum atomic E-state index is -0.386. The Kier molecular flexibility index (Phi) is 7.16. The van der Waals surface area contributed by atoms with Crippen molar-refractivity contribution in [1.82, 2.24) is 29.7 Å². The fourth-order valence-corrected chi connectivity index (χ4v) is 6.54. The van der Waals surface area contributed by atoms with Crippen molar-refractivity contribution in [2.24, 2.45) is 0 Å². The predicted molar refractivity (Wildman–Crippen MR) is 144 cm³/mol. The molecule has 2 amide bonds. The van der Waals surface area contributed by atoms with Crippen LogP contribution in [0.15, 0.2) is 58.7 Å². The summed E-state index contributed by atoms with van der Waals surface area (Å²) in [5, 5.41) is 3.99. The van der Waals surface area contributed by atoms with Crippen LogP contribution in [-0.2, 0) is 9.47 Å². The maximum Gasteiger partial charge on any atom is 0.321 e. The summed E-state index contributed by atoms with van der Waals surface area (Å²) in [6.45, 7) is 5.83. The van der Waals surface area contributed by atoms with Crippen LogP contribution in [0.2, 0.25) is 0 Å². The van der Waals surface area contributed by atoms with Gasteiger partial charge in [0.25, 0.3) is 0 Å². The van der Waals surface area contributed by atoms with Gasteiger partial charge in [-0.2, -0.15) is 0 Å². The number of rotatable bonds is 4. The highest BCUT2D eigenvalue weighted by atomic mass is 32.1. The number of carbonyl (C=O) groups is 1. The molecule has 196 valence electrons. The Bertz CT molecular complexity index is 1280. The van der Waals surface area contributed by atoms with Crippen LogP contribution < -0.4 is 0 Å². The number of ether oxygens (including phenoxy) is 2. The summed E-state index contributed by atoms with van der Waals surface area (Å²) >= 11 is 3.02. The molecule has 2 aliphatic heterocycles. The molecule has 0 N–H and O–H groups in total. The molecular formula is C27H28N6O3S2. The Morgan fingerprint density at radius 3 is 1.68 bits per heavy atom. The Hall–Kier alpha value is -3.25. The molecule has 4 unspecified atom stereocenters. The first-order valence-electron chi connectivity index (χ1n) is 12.5. The van der Waals surface area contributed by atoms with Crippen molar-refractivity contribution >= 4 is 28.7 Å². The van der Waals surface area contributed by atoms with E-state index in [4.69, 9.17) is 9.47 Å². The van der Waals surface area contributed by atoms with Crippen molar-refractivity contribution in [2.45, 2.75) is 38.1 Å². The van der Waals surface area contributed by atoms with Crippen molar-refractivity contribution in [1.29, 1.82) is 0 Å². The molecule has 0 aliphatic carbocycles. The number of aryl methyl sites for hydroxylation is 2. The molecular weight excluding hydrogens is 520 g/mol. The van der Waals surface area contributed by atoms with Gasteiger partial charge >= 0.3 is 6.03 Å². The second kappa shape index (κ2) is 10.9. The van der Waals surface area contributed by atoms with Crippen molar-refractivity contribution in [3.05, 3.63) is 92.3 Å². The Morgan fingerprint density at radius 2 is 1.29 bits per heavy atom. The normalized spacial score (nSPS) is 23.9. The molecule has 6 heterocycles. The van der Waals surface area contributed by atoms with E-state index in [0.717, 1.165) is 33.6 Å². The first-order chi connectivity index (χ1) is 18.6. The largest absolute Gasteiger partial charge is 0.369 e. The summed E-state index contributed by atoms with van der Waals surface area (Å²) in [6, 6.07) is 3.09. The van der Waals surface area contributed by atoms with Gasteiger partial charge in [-0.3, -0.25) is 9.97 Å². The van der Waals surface area contributed by atoms with E-state index in [1.165, 1.54) is 22.7 Å². The van der Waals surface area contributed by atoms with Crippen molar-refractivity contribution in [3.63, 3.8) is 0 Å². The molecule has 38 heavy (non-hydrogen) atoms. The third-order valence-electron chi connectivity index (χ3n) is 7.28. The van der Waals surface area contributed by atoms with E-state index in [-0.39, 0.29) is 30.3 Å². The number of amides is 2. The van der Waals surface area contributed by atoms with Crippen LogP contribution in [0.5, 0.6) is 0 Å². The summed E-state index contributed by atoms with van der Waals surface area (Å²) in [7, 11) is 0. The number of aromatic nitrogens is 4. The van der Waals surface area contributed by atoms with E-state index < -0.39 is 0 Å². The van der Waals surface area contributed by atoms with Crippen molar-refractivity contribution < 1.29 is 14.3 Å². The molecule has 0 bridgehead atoms. The summed E-state index contributed by atoms with van der Waals surface area (Å²) in [6.07, 6.45) is 6.46. The van der Waals surface area contributed by atoms with Gasteiger partial charge in [0, 0.05) is 59.8 Å². The molecule has 0 radical (unpaired) electrons. The average Bonchev–Trinajstić information content (AvgIpc) is 3.68. The first-order valence-corrected chi connectivity index (χ1v) is 14.4. The van der Waals surface area contributed by atoms with Gasteiger partial charge < -0.3 is 19.3 Å². The Labute approximate surface area is 229 Å². The van der Waals surface area contributed by atoms with E-state index in [9.17, 15) is 4.79 Å². The lowest BCUT2D eigenvalue weighted by molar-refractivity contribution is -0.0887. The highest BCUT2D eigenvalue weighted by Crippen LogP contribution is 2.44. The molecule has 4 atom stereocenters. The van der Waals surface area contributed by atoms with Crippen LogP contribution in [0.3, 0.4) is 0 Å². The molecule has 2 fully saturated rings. The molecule has 0 aromatic carbocycles. The molecule has 0 spiro atoms. The number of thiazole rings is 2. The van der Waals surface area contributed by atoms with Crippen LogP contribution in [0, 0.1) is 13.8 Å². The third-order valence-corrected chi connectivity index (χ3v) is 8.49. The zero-order valence-electron chi connectivity index (χ0n) is 21.1. The lowest BCUT2D eigenvalue weighted by Gasteiger charge is -2.47. The molecule has 2 saturated heterocycles. The van der Waals surface area contributed by atoms with Gasteiger partial charge in [-0.1, -0.05) is 0 Å². The average molecular weight is 549 g/mol. The van der Waals surface area contributed by atoms with Gasteiger partial charge in [-0.15, -0.1) is 22.7 Å². The maximum absolute atomic E-state index is 14.5. The molecule has 0 saturated carbocycles. The zero-order valence-corrected chi connectivity index (χ0v) is 22.8. The highest BCUT2D eigenvalue weighted by molar-refractivity contribution is 7.07. The standard InChI is InChI=1S/C27H28N6O3S2/c1-17-3-5-28-11-19(17)25-23(21-13-37-15-30-21)32(7-9-35-25)27(34)33-8-10-36-26(20-12-29-6-4-18(20)2)24(33)22-14-38-16-31-22/h3-6,11-16,23-26H,7-10H2,1-2H3. The van der Waals surface area contributed by atoms with Crippen LogP contribution in [-0.4, -0.2) is 62.1 Å². The quantitative estimate of drug-likeness (QED) is 0.352. The summed E-state index contributed by atoms with van der Waals surface area (Å²) < 4.78 is 12.6. The fourth-order valence-electron chi connectivity index (χ4n) is 5.37. The lowest BCUT2D eigenvalue weighted by Crippen LogP contribution is -2.54. The van der Waals surface area contributed by atoms with Gasteiger partial charge in [-0.05, 0) is 37.1 Å². The molecule has 4 aromatic rings. The number of hydrogen-bond acceptors (Lipinski definition) is 9. The number of urea groups is 1. The summed E-state index contributed by atoms with van der Waals surface area (Å²) in [5.41, 5.74) is 9.29. The van der Waals surface area contributed by atoms with Crippen LogP contribution in [0.4, 0.5) is 4.79 Å². The number of pyridine rings is 2. The SMILES string of the molecule is Cc1ccncc1C1OCCN(C(=O)N2CCOC(c3cnccc3C)C2c2cscn2)C1c1cscn1. The van der Waals surface area contributed by atoms with Crippen molar-refractivity contribution in [3.8, 4) is 0 Å². The first kappa shape index (κ1) is 25.1.